The third-order valence-corrected chi connectivity index (χ3v) is 4.98. The van der Waals surface area contributed by atoms with E-state index in [2.05, 4.69) is 30.6 Å². The number of nitrogens with two attached hydrogens (primary N) is 1. The Morgan fingerprint density at radius 3 is 2.72 bits per heavy atom. The molecule has 1 saturated heterocycles. The van der Waals surface area contributed by atoms with Crippen LogP contribution in [0.1, 0.15) is 34.1 Å². The topological polar surface area (TPSA) is 83.2 Å². The summed E-state index contributed by atoms with van der Waals surface area (Å²) in [6.45, 7) is 13.0. The Kier molecular flexibility index (Phi) is 7.31. The Balaban J connectivity index is 2.38. The number of nitrogens with one attached hydrogen (secondary N) is 1. The van der Waals surface area contributed by atoms with Crippen LogP contribution in [0.3, 0.4) is 0 Å². The van der Waals surface area contributed by atoms with Gasteiger partial charge < -0.3 is 25.6 Å². The molecule has 0 aromatic heterocycles. The molecule has 1 aliphatic heterocycles. The number of amides is 1. The molecule has 1 amide bonds. The van der Waals surface area contributed by atoms with Crippen molar-refractivity contribution in [3.63, 3.8) is 0 Å². The van der Waals surface area contributed by atoms with Gasteiger partial charge in [-0.05, 0) is 38.3 Å². The fraction of sp³-hybridized carbons (Fsp3) is 0.455. The van der Waals surface area contributed by atoms with E-state index in [0.29, 0.717) is 23.2 Å². The van der Waals surface area contributed by atoms with E-state index < -0.39 is 0 Å². The molecule has 0 bridgehead atoms. The number of aliphatic imine (C=N–C) groups is 1. The third kappa shape index (κ3) is 5.10. The molecule has 1 heterocycles. The van der Waals surface area contributed by atoms with Gasteiger partial charge in [-0.25, -0.2) is 4.99 Å². The summed E-state index contributed by atoms with van der Waals surface area (Å²) in [4.78, 5) is 21.2. The number of ether oxygens (including phenoxy) is 1. The monoisotopic (exact) mass is 399 g/mol. The van der Waals surface area contributed by atoms with Gasteiger partial charge in [0.25, 0.3) is 0 Å². The summed E-state index contributed by atoms with van der Waals surface area (Å²) in [6, 6.07) is 5.06. The van der Waals surface area contributed by atoms with Crippen molar-refractivity contribution in [1.82, 2.24) is 9.80 Å². The number of allylic oxidation sites excluding steroid dienone is 1. The van der Waals surface area contributed by atoms with E-state index >= 15 is 0 Å². The Labute approximate surface area is 173 Å². The normalized spacial score (nSPS) is 20.0. The van der Waals surface area contributed by atoms with Gasteiger partial charge in [-0.15, -0.1) is 0 Å². The quantitative estimate of drug-likeness (QED) is 0.684. The highest BCUT2D eigenvalue weighted by Gasteiger charge is 2.36. The number of methoxy groups -OCH3 is 1. The van der Waals surface area contributed by atoms with Crippen molar-refractivity contribution in [1.29, 1.82) is 0 Å². The van der Waals surface area contributed by atoms with Crippen molar-refractivity contribution in [2.75, 3.05) is 31.8 Å². The molecule has 1 aliphatic rings. The van der Waals surface area contributed by atoms with Crippen molar-refractivity contribution < 1.29 is 9.53 Å². The number of likely N-dealkylation sites (N-methyl/N-ethyl adjacent to an activating group) is 1. The summed E-state index contributed by atoms with van der Waals surface area (Å²) in [7, 11) is 3.37. The van der Waals surface area contributed by atoms with Crippen LogP contribution in [0, 0.1) is 5.92 Å². The lowest BCUT2D eigenvalue weighted by molar-refractivity contribution is -0.133. The SMILES string of the molecule is C=C(/N=C1\C(=C/C)N(C)C(=O)C(C)N1CCC(C)C)Nc1ccc(N)cc1OC. The lowest BCUT2D eigenvalue weighted by Crippen LogP contribution is -2.56. The molecule has 7 heteroatoms. The summed E-state index contributed by atoms with van der Waals surface area (Å²) in [6.07, 6.45) is 2.87. The highest BCUT2D eigenvalue weighted by atomic mass is 16.5. The van der Waals surface area contributed by atoms with E-state index in [4.69, 9.17) is 15.5 Å². The molecule has 0 aliphatic carbocycles. The molecule has 29 heavy (non-hydrogen) atoms. The number of rotatable bonds is 7. The number of benzene rings is 1. The molecule has 0 radical (unpaired) electrons. The zero-order valence-electron chi connectivity index (χ0n) is 18.3. The van der Waals surface area contributed by atoms with Gasteiger partial charge >= 0.3 is 0 Å². The molecule has 158 valence electrons. The number of hydrogen-bond acceptors (Lipinski definition) is 5. The van der Waals surface area contributed by atoms with Crippen LogP contribution >= 0.6 is 0 Å². The molecule has 1 aromatic rings. The van der Waals surface area contributed by atoms with E-state index in [1.54, 1.807) is 31.2 Å². The van der Waals surface area contributed by atoms with Crippen LogP contribution in [0.25, 0.3) is 0 Å². The summed E-state index contributed by atoms with van der Waals surface area (Å²) in [5.74, 6) is 2.37. The predicted molar refractivity (Wildman–Crippen MR) is 120 cm³/mol. The fourth-order valence-corrected chi connectivity index (χ4v) is 3.28. The first-order valence-electron chi connectivity index (χ1n) is 9.88. The molecule has 2 rings (SSSR count). The van der Waals surface area contributed by atoms with Crippen molar-refractivity contribution in [3.8, 4) is 5.75 Å². The van der Waals surface area contributed by atoms with Gasteiger partial charge in [-0.2, -0.15) is 0 Å². The standard InChI is InChI=1S/C22H33N5O2/c1-8-19-21(27(12-11-14(2)3)15(4)22(28)26(19)6)25-16(5)24-18-10-9-17(23)13-20(18)29-7/h8-10,13-15,24H,5,11-12,23H2,1-4,6-7H3/b19-8+,25-21+. The van der Waals surface area contributed by atoms with E-state index in [9.17, 15) is 4.79 Å². The summed E-state index contributed by atoms with van der Waals surface area (Å²) in [5.41, 5.74) is 7.93. The van der Waals surface area contributed by atoms with Gasteiger partial charge in [-0.1, -0.05) is 26.5 Å². The summed E-state index contributed by atoms with van der Waals surface area (Å²) >= 11 is 0. The highest BCUT2D eigenvalue weighted by molar-refractivity contribution is 6.07. The van der Waals surface area contributed by atoms with Crippen molar-refractivity contribution >= 4 is 23.1 Å². The van der Waals surface area contributed by atoms with Crippen LogP contribution in [-0.2, 0) is 4.79 Å². The molecule has 3 N–H and O–H groups in total. The van der Waals surface area contributed by atoms with E-state index in [1.165, 1.54) is 0 Å². The number of piperazine rings is 1. The zero-order chi connectivity index (χ0) is 21.7. The number of carbonyl (C=O) groups is 1. The predicted octanol–water partition coefficient (Wildman–Crippen LogP) is 3.67. The van der Waals surface area contributed by atoms with Gasteiger partial charge in [0.05, 0.1) is 18.5 Å². The van der Waals surface area contributed by atoms with Crippen LogP contribution in [0.2, 0.25) is 0 Å². The number of carbonyl (C=O) groups excluding carboxylic acids is 1. The van der Waals surface area contributed by atoms with Crippen LogP contribution < -0.4 is 15.8 Å². The molecule has 7 nitrogen and oxygen atoms in total. The molecule has 1 unspecified atom stereocenters. The Morgan fingerprint density at radius 1 is 1.45 bits per heavy atom. The summed E-state index contributed by atoms with van der Waals surface area (Å²) in [5, 5.41) is 3.19. The molecule has 0 saturated carbocycles. The molecular weight excluding hydrogens is 366 g/mol. The second-order valence-electron chi connectivity index (χ2n) is 7.59. The number of anilines is 2. The number of nitrogen functional groups attached to an aromatic ring is 1. The van der Waals surface area contributed by atoms with E-state index in [1.807, 2.05) is 26.0 Å². The van der Waals surface area contributed by atoms with Crippen LogP contribution in [0.5, 0.6) is 5.75 Å². The molecule has 1 atom stereocenters. The Morgan fingerprint density at radius 2 is 2.14 bits per heavy atom. The zero-order valence-corrected chi connectivity index (χ0v) is 18.3. The largest absolute Gasteiger partial charge is 0.494 e. The third-order valence-electron chi connectivity index (χ3n) is 4.98. The van der Waals surface area contributed by atoms with Crippen LogP contribution in [-0.4, -0.2) is 48.3 Å². The molecule has 1 aromatic carbocycles. The molecule has 0 spiro atoms. The van der Waals surface area contributed by atoms with Crippen LogP contribution in [0.15, 0.2) is 47.4 Å². The van der Waals surface area contributed by atoms with Crippen molar-refractivity contribution in [2.45, 2.75) is 40.2 Å². The van der Waals surface area contributed by atoms with Gasteiger partial charge in [0.15, 0.2) is 5.84 Å². The average molecular weight is 400 g/mol. The number of hydrogen-bond donors (Lipinski definition) is 2. The Bertz CT molecular complexity index is 828. The minimum atomic E-state index is -0.292. The van der Waals surface area contributed by atoms with Gasteiger partial charge in [0.1, 0.15) is 17.6 Å². The second-order valence-corrected chi connectivity index (χ2v) is 7.59. The number of amidine groups is 1. The lowest BCUT2D eigenvalue weighted by Gasteiger charge is -2.41. The number of nitrogens with zero attached hydrogens (tertiary/aromatic N) is 3. The summed E-state index contributed by atoms with van der Waals surface area (Å²) < 4.78 is 5.39. The lowest BCUT2D eigenvalue weighted by atomic mass is 10.1. The maximum absolute atomic E-state index is 12.7. The first-order chi connectivity index (χ1) is 13.7. The first-order valence-corrected chi connectivity index (χ1v) is 9.88. The smallest absolute Gasteiger partial charge is 0.249 e. The van der Waals surface area contributed by atoms with Crippen molar-refractivity contribution in [3.05, 3.63) is 42.4 Å². The average Bonchev–Trinajstić information content (AvgIpc) is 2.67. The minimum absolute atomic E-state index is 0.0552. The maximum Gasteiger partial charge on any atom is 0.249 e. The maximum atomic E-state index is 12.7. The van der Waals surface area contributed by atoms with Gasteiger partial charge in [0, 0.05) is 25.3 Å². The second kappa shape index (κ2) is 9.49. The van der Waals surface area contributed by atoms with Gasteiger partial charge in [0.2, 0.25) is 5.91 Å². The van der Waals surface area contributed by atoms with Gasteiger partial charge in [-0.3, -0.25) is 4.79 Å². The molecular formula is C22H33N5O2. The highest BCUT2D eigenvalue weighted by Crippen LogP contribution is 2.28. The molecule has 1 fully saturated rings. The van der Waals surface area contributed by atoms with E-state index in [-0.39, 0.29) is 11.9 Å². The van der Waals surface area contributed by atoms with E-state index in [0.717, 1.165) is 30.2 Å². The first kappa shape index (κ1) is 22.3. The fourth-order valence-electron chi connectivity index (χ4n) is 3.28. The van der Waals surface area contributed by atoms with Crippen LogP contribution in [0.4, 0.5) is 11.4 Å². The van der Waals surface area contributed by atoms with Crippen molar-refractivity contribution in [2.24, 2.45) is 10.9 Å². The minimum Gasteiger partial charge on any atom is -0.494 e. The Hall–Kier alpha value is -2.96.